The van der Waals surface area contributed by atoms with Crippen LogP contribution in [0.25, 0.3) is 17.4 Å². The summed E-state index contributed by atoms with van der Waals surface area (Å²) in [4.78, 5) is 14.5. The highest BCUT2D eigenvalue weighted by molar-refractivity contribution is 6.30. The van der Waals surface area contributed by atoms with Gasteiger partial charge in [-0.05, 0) is 55.0 Å². The van der Waals surface area contributed by atoms with Crippen LogP contribution >= 0.6 is 11.6 Å². The lowest BCUT2D eigenvalue weighted by atomic mass is 10.0. The number of fused-ring (bicyclic) bond motifs is 1. The van der Waals surface area contributed by atoms with Crippen LogP contribution in [-0.2, 0) is 17.8 Å². The first-order chi connectivity index (χ1) is 14.6. The van der Waals surface area contributed by atoms with Crippen LogP contribution in [0.3, 0.4) is 0 Å². The van der Waals surface area contributed by atoms with Gasteiger partial charge in [0.15, 0.2) is 5.76 Å². The van der Waals surface area contributed by atoms with Crippen LogP contribution in [0.4, 0.5) is 0 Å². The van der Waals surface area contributed by atoms with Crippen LogP contribution in [0, 0.1) is 0 Å². The standard InChI is InChI=1S/C23H21ClN2O4/c1-28-18-8-9-21(29-2)16(13-18)5-10-22(27)26-12-11-19-20(14-26)25-30-23(19)15-3-6-17(24)7-4-15/h3-10,13H,11-12,14H2,1-2H3/b10-5+. The predicted octanol–water partition coefficient (Wildman–Crippen LogP) is 4.61. The highest BCUT2D eigenvalue weighted by Gasteiger charge is 2.26. The maximum atomic E-state index is 12.7. The lowest BCUT2D eigenvalue weighted by Crippen LogP contribution is -2.34. The molecule has 0 saturated heterocycles. The molecular weight excluding hydrogens is 404 g/mol. The second-order valence-electron chi connectivity index (χ2n) is 6.89. The number of halogens is 1. The zero-order valence-corrected chi connectivity index (χ0v) is 17.5. The Bertz CT molecular complexity index is 1090. The van der Waals surface area contributed by atoms with Crippen molar-refractivity contribution in [2.24, 2.45) is 0 Å². The van der Waals surface area contributed by atoms with Gasteiger partial charge in [-0.1, -0.05) is 16.8 Å². The number of amides is 1. The molecule has 0 atom stereocenters. The molecule has 0 bridgehead atoms. The highest BCUT2D eigenvalue weighted by Crippen LogP contribution is 2.31. The van der Waals surface area contributed by atoms with E-state index in [2.05, 4.69) is 5.16 Å². The summed E-state index contributed by atoms with van der Waals surface area (Å²) in [5.41, 5.74) is 3.53. The minimum atomic E-state index is -0.0958. The Labute approximate surface area is 179 Å². The molecule has 0 radical (unpaired) electrons. The summed E-state index contributed by atoms with van der Waals surface area (Å²) in [6, 6.07) is 12.9. The molecule has 154 valence electrons. The van der Waals surface area contributed by atoms with Gasteiger partial charge in [0.1, 0.15) is 17.2 Å². The Morgan fingerprint density at radius 2 is 1.97 bits per heavy atom. The number of carbonyl (C=O) groups is 1. The summed E-state index contributed by atoms with van der Waals surface area (Å²) >= 11 is 5.97. The molecular formula is C23H21ClN2O4. The zero-order valence-electron chi connectivity index (χ0n) is 16.7. The third-order valence-corrected chi connectivity index (χ3v) is 5.35. The zero-order chi connectivity index (χ0) is 21.1. The number of methoxy groups -OCH3 is 2. The summed E-state index contributed by atoms with van der Waals surface area (Å²) in [7, 11) is 3.19. The molecule has 1 aliphatic heterocycles. The van der Waals surface area contributed by atoms with Gasteiger partial charge in [-0.3, -0.25) is 4.79 Å². The Morgan fingerprint density at radius 1 is 1.17 bits per heavy atom. The van der Waals surface area contributed by atoms with E-state index in [4.69, 9.17) is 25.6 Å². The Hall–Kier alpha value is -3.25. The number of carbonyl (C=O) groups excluding carboxylic acids is 1. The van der Waals surface area contributed by atoms with Crippen molar-refractivity contribution in [3.63, 3.8) is 0 Å². The molecule has 2 heterocycles. The lowest BCUT2D eigenvalue weighted by molar-refractivity contribution is -0.126. The predicted molar refractivity (Wildman–Crippen MR) is 115 cm³/mol. The van der Waals surface area contributed by atoms with Gasteiger partial charge in [-0.15, -0.1) is 0 Å². The summed E-state index contributed by atoms with van der Waals surface area (Å²) < 4.78 is 16.2. The van der Waals surface area contributed by atoms with E-state index in [0.717, 1.165) is 28.1 Å². The molecule has 1 amide bonds. The number of rotatable bonds is 5. The van der Waals surface area contributed by atoms with Crippen LogP contribution in [0.1, 0.15) is 16.8 Å². The molecule has 3 aromatic rings. The molecule has 0 spiro atoms. The molecule has 4 rings (SSSR count). The largest absolute Gasteiger partial charge is 0.497 e. The first kappa shape index (κ1) is 20.0. The third-order valence-electron chi connectivity index (χ3n) is 5.10. The summed E-state index contributed by atoms with van der Waals surface area (Å²) in [6.45, 7) is 0.998. The van der Waals surface area contributed by atoms with Crippen molar-refractivity contribution in [3.05, 3.63) is 70.4 Å². The van der Waals surface area contributed by atoms with Crippen LogP contribution in [-0.4, -0.2) is 36.7 Å². The van der Waals surface area contributed by atoms with E-state index in [1.54, 1.807) is 31.3 Å². The van der Waals surface area contributed by atoms with Crippen molar-refractivity contribution in [2.45, 2.75) is 13.0 Å². The molecule has 0 aliphatic carbocycles. The van der Waals surface area contributed by atoms with Crippen LogP contribution in [0.5, 0.6) is 11.5 Å². The van der Waals surface area contributed by atoms with Crippen molar-refractivity contribution in [1.82, 2.24) is 10.1 Å². The molecule has 0 unspecified atom stereocenters. The van der Waals surface area contributed by atoms with Crippen molar-refractivity contribution < 1.29 is 18.8 Å². The fraction of sp³-hybridized carbons (Fsp3) is 0.217. The number of hydrogen-bond acceptors (Lipinski definition) is 5. The fourth-order valence-electron chi connectivity index (χ4n) is 3.48. The second-order valence-corrected chi connectivity index (χ2v) is 7.33. The maximum Gasteiger partial charge on any atom is 0.246 e. The minimum absolute atomic E-state index is 0.0958. The third kappa shape index (κ3) is 4.04. The van der Waals surface area contributed by atoms with Crippen molar-refractivity contribution in [3.8, 4) is 22.8 Å². The Morgan fingerprint density at radius 3 is 2.70 bits per heavy atom. The number of nitrogens with zero attached hydrogens (tertiary/aromatic N) is 2. The smallest absolute Gasteiger partial charge is 0.246 e. The van der Waals surface area contributed by atoms with E-state index in [0.29, 0.717) is 36.0 Å². The maximum absolute atomic E-state index is 12.7. The first-order valence-corrected chi connectivity index (χ1v) is 9.89. The molecule has 2 aromatic carbocycles. The molecule has 1 aliphatic rings. The van der Waals surface area contributed by atoms with Gasteiger partial charge in [0.05, 0.1) is 20.8 Å². The molecule has 0 fully saturated rings. The summed E-state index contributed by atoms with van der Waals surface area (Å²) in [5, 5.41) is 4.86. The van der Waals surface area contributed by atoms with E-state index in [1.807, 2.05) is 42.5 Å². The van der Waals surface area contributed by atoms with Crippen LogP contribution < -0.4 is 9.47 Å². The molecule has 1 aromatic heterocycles. The number of hydrogen-bond donors (Lipinski definition) is 0. The van der Waals surface area contributed by atoms with Gasteiger partial charge in [-0.25, -0.2) is 0 Å². The first-order valence-electron chi connectivity index (χ1n) is 9.51. The van der Waals surface area contributed by atoms with Crippen LogP contribution in [0.15, 0.2) is 53.1 Å². The molecule has 6 nitrogen and oxygen atoms in total. The van der Waals surface area contributed by atoms with Gasteiger partial charge in [0.25, 0.3) is 0 Å². The SMILES string of the molecule is COc1ccc(OC)c(/C=C/C(=O)N2CCc3c(noc3-c3ccc(Cl)cc3)C2)c1. The van der Waals surface area contributed by atoms with E-state index in [1.165, 1.54) is 0 Å². The molecule has 0 N–H and O–H groups in total. The second kappa shape index (κ2) is 8.63. The summed E-state index contributed by atoms with van der Waals surface area (Å²) in [5.74, 6) is 2.01. The number of benzene rings is 2. The average molecular weight is 425 g/mol. The topological polar surface area (TPSA) is 64.8 Å². The van der Waals surface area contributed by atoms with Crippen molar-refractivity contribution in [1.29, 1.82) is 0 Å². The van der Waals surface area contributed by atoms with Crippen molar-refractivity contribution >= 4 is 23.6 Å². The minimum Gasteiger partial charge on any atom is -0.497 e. The fourth-order valence-corrected chi connectivity index (χ4v) is 3.61. The number of aromatic nitrogens is 1. The van der Waals surface area contributed by atoms with Crippen LogP contribution in [0.2, 0.25) is 5.02 Å². The monoisotopic (exact) mass is 424 g/mol. The van der Waals surface area contributed by atoms with Gasteiger partial charge < -0.3 is 18.9 Å². The molecule has 0 saturated carbocycles. The van der Waals surface area contributed by atoms with Gasteiger partial charge in [0.2, 0.25) is 5.91 Å². The lowest BCUT2D eigenvalue weighted by Gasteiger charge is -2.24. The number of ether oxygens (including phenoxy) is 2. The van der Waals surface area contributed by atoms with Gasteiger partial charge in [0, 0.05) is 34.3 Å². The summed E-state index contributed by atoms with van der Waals surface area (Å²) in [6.07, 6.45) is 3.96. The van der Waals surface area contributed by atoms with Gasteiger partial charge >= 0.3 is 0 Å². The Kier molecular flexibility index (Phi) is 5.77. The Balaban J connectivity index is 1.49. The van der Waals surface area contributed by atoms with E-state index in [9.17, 15) is 4.79 Å². The highest BCUT2D eigenvalue weighted by atomic mass is 35.5. The normalized spacial score (nSPS) is 13.4. The van der Waals surface area contributed by atoms with Crippen molar-refractivity contribution in [2.75, 3.05) is 20.8 Å². The quantitative estimate of drug-likeness (QED) is 0.559. The van der Waals surface area contributed by atoms with E-state index >= 15 is 0 Å². The van der Waals surface area contributed by atoms with E-state index < -0.39 is 0 Å². The average Bonchev–Trinajstić information content (AvgIpc) is 3.21. The van der Waals surface area contributed by atoms with E-state index in [-0.39, 0.29) is 5.91 Å². The molecule has 30 heavy (non-hydrogen) atoms. The van der Waals surface area contributed by atoms with Gasteiger partial charge in [-0.2, -0.15) is 0 Å². The molecule has 7 heteroatoms.